The zero-order chi connectivity index (χ0) is 13.8. The Morgan fingerprint density at radius 2 is 1.94 bits per heavy atom. The molecule has 18 heavy (non-hydrogen) atoms. The maximum Gasteiger partial charge on any atom is 0.225 e. The van der Waals surface area contributed by atoms with Crippen molar-refractivity contribution in [2.45, 2.75) is 32.7 Å². The highest BCUT2D eigenvalue weighted by atomic mass is 79.9. The lowest BCUT2D eigenvalue weighted by Crippen LogP contribution is -2.37. The lowest BCUT2D eigenvalue weighted by atomic mass is 10.1. The molecule has 0 atom stereocenters. The number of hydrogen-bond donors (Lipinski definition) is 2. The van der Waals surface area contributed by atoms with E-state index in [0.29, 0.717) is 13.0 Å². The molecule has 0 saturated carbocycles. The zero-order valence-corrected chi connectivity index (χ0v) is 14.0. The minimum atomic E-state index is 0.00514. The van der Waals surface area contributed by atoms with E-state index in [1.807, 2.05) is 18.2 Å². The Labute approximate surface area is 125 Å². The predicted octanol–water partition coefficient (Wildman–Crippen LogP) is 3.93. The van der Waals surface area contributed by atoms with E-state index >= 15 is 0 Å². The van der Waals surface area contributed by atoms with Crippen molar-refractivity contribution in [3.05, 3.63) is 27.1 Å². The van der Waals surface area contributed by atoms with Crippen molar-refractivity contribution in [3.63, 3.8) is 0 Å². The predicted molar refractivity (Wildman–Crippen MR) is 82.8 cm³/mol. The average molecular weight is 378 g/mol. The van der Waals surface area contributed by atoms with Crippen LogP contribution in [0.5, 0.6) is 0 Å². The summed E-state index contributed by atoms with van der Waals surface area (Å²) in [5, 5.41) is 6.16. The molecule has 0 saturated heterocycles. The summed E-state index contributed by atoms with van der Waals surface area (Å²) in [6.07, 6.45) is 0.455. The summed E-state index contributed by atoms with van der Waals surface area (Å²) in [6, 6.07) is 5.69. The van der Waals surface area contributed by atoms with Gasteiger partial charge in [-0.2, -0.15) is 0 Å². The largest absolute Gasteiger partial charge is 0.325 e. The van der Waals surface area contributed by atoms with E-state index in [4.69, 9.17) is 0 Å². The number of anilines is 1. The molecule has 0 spiro atoms. The van der Waals surface area contributed by atoms with Gasteiger partial charge < -0.3 is 10.6 Å². The van der Waals surface area contributed by atoms with E-state index in [-0.39, 0.29) is 11.4 Å². The van der Waals surface area contributed by atoms with E-state index in [0.717, 1.165) is 14.6 Å². The first-order valence-corrected chi connectivity index (χ1v) is 7.36. The normalized spacial score (nSPS) is 11.4. The van der Waals surface area contributed by atoms with Gasteiger partial charge in [0.25, 0.3) is 0 Å². The summed E-state index contributed by atoms with van der Waals surface area (Å²) in [5.74, 6) is 0.00514. The van der Waals surface area contributed by atoms with Crippen LogP contribution in [-0.2, 0) is 4.79 Å². The molecule has 1 amide bonds. The van der Waals surface area contributed by atoms with Gasteiger partial charge in [-0.1, -0.05) is 15.9 Å². The molecule has 5 heteroatoms. The van der Waals surface area contributed by atoms with Crippen LogP contribution in [0.4, 0.5) is 5.69 Å². The van der Waals surface area contributed by atoms with E-state index in [1.54, 1.807) is 0 Å². The van der Waals surface area contributed by atoms with Crippen LogP contribution in [0.25, 0.3) is 0 Å². The van der Waals surface area contributed by atoms with Crippen molar-refractivity contribution >= 4 is 43.5 Å². The molecule has 0 aliphatic carbocycles. The monoisotopic (exact) mass is 376 g/mol. The van der Waals surface area contributed by atoms with Crippen molar-refractivity contribution in [1.29, 1.82) is 0 Å². The number of nitrogens with one attached hydrogen (secondary N) is 2. The van der Waals surface area contributed by atoms with Crippen LogP contribution in [0.3, 0.4) is 0 Å². The number of amides is 1. The van der Waals surface area contributed by atoms with Crippen molar-refractivity contribution in [2.75, 3.05) is 11.9 Å². The van der Waals surface area contributed by atoms with Gasteiger partial charge in [0.2, 0.25) is 5.91 Å². The fourth-order valence-electron chi connectivity index (χ4n) is 1.36. The molecule has 0 fully saturated rings. The number of halogens is 2. The van der Waals surface area contributed by atoms with Gasteiger partial charge in [-0.25, -0.2) is 0 Å². The highest BCUT2D eigenvalue weighted by molar-refractivity contribution is 9.11. The Kier molecular flexibility index (Phi) is 5.82. The first-order chi connectivity index (χ1) is 8.28. The number of rotatable bonds is 4. The molecule has 2 N–H and O–H groups in total. The maximum atomic E-state index is 11.8. The second-order valence-electron chi connectivity index (χ2n) is 5.10. The number of hydrogen-bond acceptors (Lipinski definition) is 2. The quantitative estimate of drug-likeness (QED) is 0.834. The fraction of sp³-hybridized carbons (Fsp3) is 0.462. The SMILES string of the molecule is CC(C)(C)NCCC(=O)Nc1cc(Br)ccc1Br. The fourth-order valence-corrected chi connectivity index (χ4v) is 2.06. The maximum absolute atomic E-state index is 11.8. The first kappa shape index (κ1) is 15.7. The molecule has 0 aliphatic heterocycles. The molecule has 1 aromatic carbocycles. The topological polar surface area (TPSA) is 41.1 Å². The second-order valence-corrected chi connectivity index (χ2v) is 6.87. The molecule has 0 aliphatic rings. The van der Waals surface area contributed by atoms with Crippen LogP contribution >= 0.6 is 31.9 Å². The molecule has 100 valence electrons. The summed E-state index contributed by atoms with van der Waals surface area (Å²) < 4.78 is 1.82. The van der Waals surface area contributed by atoms with Crippen LogP contribution in [0.1, 0.15) is 27.2 Å². The molecular weight excluding hydrogens is 360 g/mol. The van der Waals surface area contributed by atoms with Gasteiger partial charge >= 0.3 is 0 Å². The van der Waals surface area contributed by atoms with Crippen molar-refractivity contribution in [2.24, 2.45) is 0 Å². The standard InChI is InChI=1S/C13H18Br2N2O/c1-13(2,3)16-7-6-12(18)17-11-8-9(14)4-5-10(11)15/h4-5,8,16H,6-7H2,1-3H3,(H,17,18). The van der Waals surface area contributed by atoms with Gasteiger partial charge in [0, 0.05) is 27.4 Å². The first-order valence-electron chi connectivity index (χ1n) is 5.78. The van der Waals surface area contributed by atoms with Crippen molar-refractivity contribution < 1.29 is 4.79 Å². The minimum absolute atomic E-state index is 0.00514. The van der Waals surface area contributed by atoms with Crippen LogP contribution < -0.4 is 10.6 Å². The summed E-state index contributed by atoms with van der Waals surface area (Å²) in [4.78, 5) is 11.8. The van der Waals surface area contributed by atoms with Gasteiger partial charge in [-0.05, 0) is 54.9 Å². The van der Waals surface area contributed by atoms with E-state index in [2.05, 4.69) is 63.3 Å². The molecule has 0 heterocycles. The third-order valence-corrected chi connectivity index (χ3v) is 3.39. The molecule has 1 aromatic rings. The Hall–Kier alpha value is -0.390. The van der Waals surface area contributed by atoms with Gasteiger partial charge in [-0.3, -0.25) is 4.79 Å². The van der Waals surface area contributed by atoms with Gasteiger partial charge in [-0.15, -0.1) is 0 Å². The Morgan fingerprint density at radius 1 is 1.28 bits per heavy atom. The van der Waals surface area contributed by atoms with Crippen molar-refractivity contribution in [3.8, 4) is 0 Å². The molecule has 0 bridgehead atoms. The molecule has 3 nitrogen and oxygen atoms in total. The van der Waals surface area contributed by atoms with E-state index < -0.39 is 0 Å². The third-order valence-electron chi connectivity index (χ3n) is 2.21. The lowest BCUT2D eigenvalue weighted by molar-refractivity contribution is -0.116. The van der Waals surface area contributed by atoms with Crippen LogP contribution in [0.15, 0.2) is 27.1 Å². The molecular formula is C13H18Br2N2O. The average Bonchev–Trinajstić information content (AvgIpc) is 2.21. The van der Waals surface area contributed by atoms with E-state index in [1.165, 1.54) is 0 Å². The molecule has 0 aromatic heterocycles. The lowest BCUT2D eigenvalue weighted by Gasteiger charge is -2.20. The van der Waals surface area contributed by atoms with Gasteiger partial charge in [0.05, 0.1) is 5.69 Å². The van der Waals surface area contributed by atoms with Gasteiger partial charge in [0.15, 0.2) is 0 Å². The molecule has 1 rings (SSSR count). The van der Waals surface area contributed by atoms with Crippen molar-refractivity contribution in [1.82, 2.24) is 5.32 Å². The van der Waals surface area contributed by atoms with Gasteiger partial charge in [0.1, 0.15) is 0 Å². The number of benzene rings is 1. The highest BCUT2D eigenvalue weighted by Gasteiger charge is 2.10. The Balaban J connectivity index is 2.47. The summed E-state index contributed by atoms with van der Waals surface area (Å²) in [7, 11) is 0. The van der Waals surface area contributed by atoms with Crippen LogP contribution in [-0.4, -0.2) is 18.0 Å². The molecule has 0 unspecified atom stereocenters. The van der Waals surface area contributed by atoms with E-state index in [9.17, 15) is 4.79 Å². The number of carbonyl (C=O) groups excluding carboxylic acids is 1. The second kappa shape index (κ2) is 6.68. The Morgan fingerprint density at radius 3 is 2.56 bits per heavy atom. The zero-order valence-electron chi connectivity index (χ0n) is 10.8. The smallest absolute Gasteiger partial charge is 0.225 e. The molecule has 0 radical (unpaired) electrons. The van der Waals surface area contributed by atoms with Crippen LogP contribution in [0, 0.1) is 0 Å². The summed E-state index contributed by atoms with van der Waals surface area (Å²) in [5.41, 5.74) is 0.821. The number of carbonyl (C=O) groups is 1. The minimum Gasteiger partial charge on any atom is -0.325 e. The Bertz CT molecular complexity index is 427. The van der Waals surface area contributed by atoms with Crippen LogP contribution in [0.2, 0.25) is 0 Å². The highest BCUT2D eigenvalue weighted by Crippen LogP contribution is 2.26. The third kappa shape index (κ3) is 5.98. The summed E-state index contributed by atoms with van der Waals surface area (Å²) in [6.45, 7) is 6.91. The summed E-state index contributed by atoms with van der Waals surface area (Å²) >= 11 is 6.79.